The second-order valence-corrected chi connectivity index (χ2v) is 12.9. The molecule has 3 N–H and O–H groups in total. The molecule has 0 bridgehead atoms. The molecule has 0 radical (unpaired) electrons. The summed E-state index contributed by atoms with van der Waals surface area (Å²) in [6.45, 7) is 6.70. The number of ketones is 1. The Morgan fingerprint density at radius 1 is 0.929 bits per heavy atom. The molecule has 2 aromatic rings. The number of hydrogen-bond donors (Lipinski definition) is 3. The number of carbonyl (C=O) groups is 3. The molecule has 2 saturated carbocycles. The van der Waals surface area contributed by atoms with Crippen molar-refractivity contribution in [3.63, 3.8) is 0 Å². The van der Waals surface area contributed by atoms with Crippen LogP contribution in [0.1, 0.15) is 54.8 Å². The Bertz CT molecular complexity index is 1510. The fourth-order valence-electron chi connectivity index (χ4n) is 8.37. The van der Waals surface area contributed by atoms with Crippen LogP contribution in [0.15, 0.2) is 84.0 Å². The van der Waals surface area contributed by atoms with E-state index >= 15 is 0 Å². The van der Waals surface area contributed by atoms with Crippen molar-refractivity contribution < 1.29 is 39.2 Å². The molecule has 8 atom stereocenters. The maximum absolute atomic E-state index is 13.6. The van der Waals surface area contributed by atoms with Gasteiger partial charge in [0.15, 0.2) is 11.4 Å². The molecule has 0 aliphatic heterocycles. The minimum absolute atomic E-state index is 0.148. The number of benzene rings is 2. The number of hydrogen-bond acceptors (Lipinski definition) is 8. The lowest BCUT2D eigenvalue weighted by Gasteiger charge is -2.53. The number of ether oxygens (including phenoxy) is 2. The van der Waals surface area contributed by atoms with Crippen molar-refractivity contribution in [3.05, 3.63) is 95.1 Å². The first kappa shape index (κ1) is 28.5. The molecule has 220 valence electrons. The summed E-state index contributed by atoms with van der Waals surface area (Å²) in [5.41, 5.74) is -4.56. The third-order valence-corrected chi connectivity index (χ3v) is 10.5. The molecule has 2 aromatic carbocycles. The molecule has 4 aliphatic rings. The predicted octanol–water partition coefficient (Wildman–Crippen LogP) is 3.66. The summed E-state index contributed by atoms with van der Waals surface area (Å²) in [5, 5.41) is 35.0. The van der Waals surface area contributed by atoms with Crippen LogP contribution in [0.5, 0.6) is 0 Å². The van der Waals surface area contributed by atoms with Gasteiger partial charge in [0, 0.05) is 35.5 Å². The smallest absolute Gasteiger partial charge is 0.338 e. The SMILES string of the molecule is CC1=C[C@@H]2[C@@]3(O)[C@H](C=C(CO)C[C@@]2(O)C1=O)[C@H]1C(C)(C)[C@@]1(OC(=O)c1ccccc1)[C@@H](OC(=O)c1ccccc1)[C@@H]3C. The van der Waals surface area contributed by atoms with Gasteiger partial charge in [0.25, 0.3) is 0 Å². The van der Waals surface area contributed by atoms with E-state index in [1.54, 1.807) is 86.7 Å². The molecule has 0 aromatic heterocycles. The number of rotatable bonds is 5. The Balaban J connectivity index is 1.53. The zero-order valence-electron chi connectivity index (χ0n) is 24.1. The highest BCUT2D eigenvalue weighted by Crippen LogP contribution is 2.77. The van der Waals surface area contributed by atoms with Crippen LogP contribution in [-0.2, 0) is 14.3 Å². The van der Waals surface area contributed by atoms with E-state index < -0.39 is 76.3 Å². The average molecular weight is 573 g/mol. The molecular formula is C34H36O8. The summed E-state index contributed by atoms with van der Waals surface area (Å²) in [6.07, 6.45) is 2.07. The molecule has 2 fully saturated rings. The second kappa shape index (κ2) is 9.46. The Labute approximate surface area is 244 Å². The molecule has 0 unspecified atom stereocenters. The first-order chi connectivity index (χ1) is 19.8. The summed E-state index contributed by atoms with van der Waals surface area (Å²) in [4.78, 5) is 40.5. The zero-order valence-corrected chi connectivity index (χ0v) is 24.1. The quantitative estimate of drug-likeness (QED) is 0.366. The van der Waals surface area contributed by atoms with E-state index in [9.17, 15) is 29.7 Å². The van der Waals surface area contributed by atoms with Gasteiger partial charge in [-0.25, -0.2) is 9.59 Å². The first-order valence-corrected chi connectivity index (χ1v) is 14.4. The van der Waals surface area contributed by atoms with E-state index in [0.717, 1.165) is 0 Å². The van der Waals surface area contributed by atoms with Crippen molar-refractivity contribution in [2.24, 2.45) is 29.1 Å². The summed E-state index contributed by atoms with van der Waals surface area (Å²) < 4.78 is 12.6. The Kier molecular flexibility index (Phi) is 6.42. The largest absolute Gasteiger partial charge is 0.454 e. The highest BCUT2D eigenvalue weighted by atomic mass is 16.6. The van der Waals surface area contributed by atoms with Gasteiger partial charge in [-0.15, -0.1) is 0 Å². The highest BCUT2D eigenvalue weighted by Gasteiger charge is 2.88. The maximum atomic E-state index is 13.6. The van der Waals surface area contributed by atoms with Gasteiger partial charge in [0.05, 0.1) is 23.3 Å². The van der Waals surface area contributed by atoms with Crippen LogP contribution >= 0.6 is 0 Å². The summed E-state index contributed by atoms with van der Waals surface area (Å²) in [7, 11) is 0. The predicted molar refractivity (Wildman–Crippen MR) is 152 cm³/mol. The Hall–Kier alpha value is -3.59. The molecule has 42 heavy (non-hydrogen) atoms. The summed E-state index contributed by atoms with van der Waals surface area (Å²) in [6, 6.07) is 17.0. The number of aliphatic hydroxyl groups excluding tert-OH is 1. The normalized spacial score (nSPS) is 37.7. The van der Waals surface area contributed by atoms with Crippen LogP contribution < -0.4 is 0 Å². The van der Waals surface area contributed by atoms with Crippen LogP contribution in [0.25, 0.3) is 0 Å². The number of esters is 2. The van der Waals surface area contributed by atoms with Crippen molar-refractivity contribution >= 4 is 17.7 Å². The van der Waals surface area contributed by atoms with Gasteiger partial charge in [-0.05, 0) is 42.3 Å². The average Bonchev–Trinajstić information content (AvgIpc) is 3.41. The van der Waals surface area contributed by atoms with E-state index in [2.05, 4.69) is 0 Å². The standard InChI is InChI=1S/C34H36O8/c1-19-15-25-32(39,27(19)36)17-21(18-35)16-24-26-31(3,4)34(26,42-30(38)23-13-9-6-10-14-23)28(20(2)33(24,25)40)41-29(37)22-11-7-5-8-12-22/h5-16,20,24-26,28,35,39-40H,17-18H2,1-4H3/t20-,24+,25-,26-,28-,32-,33-,34-/m0/s1. The molecule has 0 amide bonds. The van der Waals surface area contributed by atoms with Gasteiger partial charge >= 0.3 is 11.9 Å². The first-order valence-electron chi connectivity index (χ1n) is 14.4. The van der Waals surface area contributed by atoms with E-state index in [0.29, 0.717) is 22.3 Å². The Morgan fingerprint density at radius 3 is 2.07 bits per heavy atom. The summed E-state index contributed by atoms with van der Waals surface area (Å²) >= 11 is 0. The van der Waals surface area contributed by atoms with Crippen LogP contribution in [0.3, 0.4) is 0 Å². The highest BCUT2D eigenvalue weighted by molar-refractivity contribution is 6.05. The number of carbonyl (C=O) groups excluding carboxylic acids is 3. The van der Waals surface area contributed by atoms with Crippen molar-refractivity contribution in [2.75, 3.05) is 6.61 Å². The monoisotopic (exact) mass is 572 g/mol. The van der Waals surface area contributed by atoms with Gasteiger partial charge in [-0.1, -0.05) is 69.3 Å². The number of aliphatic hydroxyl groups is 3. The third-order valence-electron chi connectivity index (χ3n) is 10.5. The summed E-state index contributed by atoms with van der Waals surface area (Å²) in [5.74, 6) is -5.00. The lowest BCUT2D eigenvalue weighted by Crippen LogP contribution is -2.66. The molecule has 8 nitrogen and oxygen atoms in total. The van der Waals surface area contributed by atoms with Gasteiger partial charge in [-0.2, -0.15) is 0 Å². The molecule has 8 heteroatoms. The van der Waals surface area contributed by atoms with Crippen LogP contribution in [0.2, 0.25) is 0 Å². The fraction of sp³-hybridized carbons (Fsp3) is 0.441. The molecule has 4 aliphatic carbocycles. The van der Waals surface area contributed by atoms with Crippen molar-refractivity contribution in [1.82, 2.24) is 0 Å². The minimum atomic E-state index is -1.98. The van der Waals surface area contributed by atoms with Gasteiger partial charge in [-0.3, -0.25) is 4.79 Å². The molecule has 0 saturated heterocycles. The van der Waals surface area contributed by atoms with Crippen molar-refractivity contribution in [2.45, 2.75) is 57.0 Å². The van der Waals surface area contributed by atoms with Crippen molar-refractivity contribution in [3.8, 4) is 0 Å². The van der Waals surface area contributed by atoms with E-state index in [1.165, 1.54) is 0 Å². The van der Waals surface area contributed by atoms with Crippen molar-refractivity contribution in [1.29, 1.82) is 0 Å². The Morgan fingerprint density at radius 2 is 1.50 bits per heavy atom. The topological polar surface area (TPSA) is 130 Å². The van der Waals surface area contributed by atoms with E-state index in [-0.39, 0.29) is 6.42 Å². The lowest BCUT2D eigenvalue weighted by molar-refractivity contribution is -0.210. The fourth-order valence-corrected chi connectivity index (χ4v) is 8.37. The van der Waals surface area contributed by atoms with Crippen LogP contribution in [0.4, 0.5) is 0 Å². The van der Waals surface area contributed by atoms with Gasteiger partial charge in [0.2, 0.25) is 0 Å². The van der Waals surface area contributed by atoms with E-state index in [4.69, 9.17) is 9.47 Å². The van der Waals surface area contributed by atoms with Gasteiger partial charge in [0.1, 0.15) is 11.7 Å². The second-order valence-electron chi connectivity index (χ2n) is 12.9. The third kappa shape index (κ3) is 3.68. The molecular weight excluding hydrogens is 536 g/mol. The number of Topliss-reactive ketones (excluding diaryl/α,β-unsaturated/α-hetero) is 1. The zero-order chi connectivity index (χ0) is 30.2. The van der Waals surface area contributed by atoms with Crippen LogP contribution in [-0.4, -0.2) is 62.6 Å². The maximum Gasteiger partial charge on any atom is 0.338 e. The van der Waals surface area contributed by atoms with E-state index in [1.807, 2.05) is 13.8 Å². The minimum Gasteiger partial charge on any atom is -0.454 e. The van der Waals surface area contributed by atoms with Gasteiger partial charge < -0.3 is 24.8 Å². The molecule has 0 heterocycles. The number of fused-ring (bicyclic) bond motifs is 5. The lowest BCUT2D eigenvalue weighted by atomic mass is 9.59. The molecule has 6 rings (SSSR count). The molecule has 0 spiro atoms. The van der Waals surface area contributed by atoms with Crippen LogP contribution in [0, 0.1) is 29.1 Å².